The third-order valence-electron chi connectivity index (χ3n) is 5.02. The van der Waals surface area contributed by atoms with Crippen molar-refractivity contribution in [3.8, 4) is 12.3 Å². The van der Waals surface area contributed by atoms with Crippen molar-refractivity contribution in [2.45, 2.75) is 20.3 Å². The van der Waals surface area contributed by atoms with Crippen LogP contribution in [0.25, 0.3) is 0 Å². The van der Waals surface area contributed by atoms with Crippen LogP contribution in [0.5, 0.6) is 0 Å². The SMILES string of the molecule is C#CC(=N/C=C(\C=N)S(=O)(=O)N(C)c1ccc(NC(=O)Nc2ccccc2)cc1)C(C)CC=C(C)F. The van der Waals surface area contributed by atoms with E-state index in [1.165, 1.54) is 32.2 Å². The first kappa shape index (κ1) is 28.0. The number of allylic oxidation sites excluding steroid dienone is 3. The monoisotopic (exact) mass is 509 g/mol. The van der Waals surface area contributed by atoms with E-state index in [-0.39, 0.29) is 22.4 Å². The van der Waals surface area contributed by atoms with Crippen LogP contribution in [0.4, 0.5) is 26.2 Å². The van der Waals surface area contributed by atoms with Crippen molar-refractivity contribution in [1.29, 1.82) is 5.41 Å². The van der Waals surface area contributed by atoms with Gasteiger partial charge in [0.15, 0.2) is 0 Å². The first-order valence-electron chi connectivity index (χ1n) is 10.9. The molecular formula is C26H28FN5O3S. The Morgan fingerprint density at radius 3 is 2.28 bits per heavy atom. The van der Waals surface area contributed by atoms with Gasteiger partial charge in [-0.15, -0.1) is 6.42 Å². The number of nitrogens with zero attached hydrogens (tertiary/aromatic N) is 2. The molecule has 0 radical (unpaired) electrons. The fourth-order valence-electron chi connectivity index (χ4n) is 2.94. The zero-order chi connectivity index (χ0) is 26.7. The lowest BCUT2D eigenvalue weighted by Crippen LogP contribution is -2.28. The Morgan fingerprint density at radius 1 is 1.17 bits per heavy atom. The molecule has 2 aromatic carbocycles. The summed E-state index contributed by atoms with van der Waals surface area (Å²) in [6.45, 7) is 3.06. The molecule has 8 nitrogen and oxygen atoms in total. The number of nitrogens with one attached hydrogen (secondary N) is 3. The minimum absolute atomic E-state index is 0.230. The normalized spacial score (nSPS) is 13.4. The predicted octanol–water partition coefficient (Wildman–Crippen LogP) is 5.56. The molecule has 0 aliphatic carbocycles. The zero-order valence-corrected chi connectivity index (χ0v) is 21.0. The van der Waals surface area contributed by atoms with Crippen LogP contribution in [-0.4, -0.2) is 33.4 Å². The molecule has 1 unspecified atom stereocenters. The number of amides is 2. The van der Waals surface area contributed by atoms with Crippen molar-refractivity contribution in [3.63, 3.8) is 0 Å². The second kappa shape index (κ2) is 13.0. The molecule has 10 heteroatoms. The Hall–Kier alpha value is -4.23. The average molecular weight is 510 g/mol. The third-order valence-corrected chi connectivity index (χ3v) is 6.77. The van der Waals surface area contributed by atoms with E-state index in [2.05, 4.69) is 21.5 Å². The van der Waals surface area contributed by atoms with Crippen LogP contribution in [0.1, 0.15) is 20.3 Å². The topological polar surface area (TPSA) is 115 Å². The van der Waals surface area contributed by atoms with Gasteiger partial charge in [-0.3, -0.25) is 9.30 Å². The largest absolute Gasteiger partial charge is 0.323 e. The van der Waals surface area contributed by atoms with Gasteiger partial charge in [-0.2, -0.15) is 0 Å². The number of benzene rings is 2. The standard InChI is InChI=1S/C26H28FN5O3S/c1-5-25(19(2)11-12-20(3)27)29-18-24(17-28)36(34,35)32(4)23-15-13-22(14-16-23)31-26(33)30-21-9-7-6-8-10-21/h1,6-10,12-19,28H,11H2,2-4H3,(H2,30,31,33)/b20-12?,24-18+,28-17?,29-25?. The summed E-state index contributed by atoms with van der Waals surface area (Å²) < 4.78 is 40.1. The predicted molar refractivity (Wildman–Crippen MR) is 145 cm³/mol. The molecule has 1 atom stereocenters. The maximum atomic E-state index is 13.1. The smallest absolute Gasteiger partial charge is 0.308 e. The number of hydrogen-bond donors (Lipinski definition) is 3. The Labute approximate surface area is 211 Å². The van der Waals surface area contributed by atoms with Crippen molar-refractivity contribution in [2.24, 2.45) is 10.9 Å². The highest BCUT2D eigenvalue weighted by atomic mass is 32.2. The summed E-state index contributed by atoms with van der Waals surface area (Å²) in [6, 6.07) is 14.6. The van der Waals surface area contributed by atoms with Gasteiger partial charge in [0.05, 0.1) is 23.4 Å². The molecule has 3 N–H and O–H groups in total. The highest BCUT2D eigenvalue weighted by molar-refractivity contribution is 7.97. The van der Waals surface area contributed by atoms with E-state index in [1.54, 1.807) is 43.3 Å². The fraction of sp³-hybridized carbons (Fsp3) is 0.192. The molecular weight excluding hydrogens is 481 g/mol. The van der Waals surface area contributed by atoms with Crippen molar-refractivity contribution in [1.82, 2.24) is 0 Å². The number of sulfonamides is 1. The molecule has 0 aliphatic rings. The number of aliphatic imine (C=N–C) groups is 1. The minimum Gasteiger partial charge on any atom is -0.308 e. The number of terminal acetylenes is 1. The van der Waals surface area contributed by atoms with Crippen LogP contribution >= 0.6 is 0 Å². The van der Waals surface area contributed by atoms with Crippen molar-refractivity contribution >= 4 is 45.0 Å². The zero-order valence-electron chi connectivity index (χ0n) is 20.2. The first-order valence-corrected chi connectivity index (χ1v) is 12.3. The van der Waals surface area contributed by atoms with E-state index in [9.17, 15) is 17.6 Å². The summed E-state index contributed by atoms with van der Waals surface area (Å²) in [7, 11) is -2.80. The fourth-order valence-corrected chi connectivity index (χ4v) is 3.99. The second-order valence-electron chi connectivity index (χ2n) is 7.73. The van der Waals surface area contributed by atoms with Crippen LogP contribution in [0.15, 0.2) is 82.6 Å². The van der Waals surface area contributed by atoms with Gasteiger partial charge in [0.1, 0.15) is 4.91 Å². The van der Waals surface area contributed by atoms with E-state index < -0.39 is 16.1 Å². The third kappa shape index (κ3) is 7.92. The number of hydrogen-bond acceptors (Lipinski definition) is 5. The summed E-state index contributed by atoms with van der Waals surface area (Å²) in [4.78, 5) is 15.8. The molecule has 0 heterocycles. The van der Waals surface area contributed by atoms with Gasteiger partial charge >= 0.3 is 6.03 Å². The van der Waals surface area contributed by atoms with Crippen LogP contribution in [-0.2, 0) is 10.0 Å². The van der Waals surface area contributed by atoms with E-state index >= 15 is 0 Å². The van der Waals surface area contributed by atoms with Crippen LogP contribution in [0.2, 0.25) is 0 Å². The Morgan fingerprint density at radius 2 is 1.75 bits per heavy atom. The number of halogens is 1. The number of para-hydroxylation sites is 1. The first-order chi connectivity index (χ1) is 17.1. The lowest BCUT2D eigenvalue weighted by Gasteiger charge is -2.20. The molecule has 2 rings (SSSR count). The maximum Gasteiger partial charge on any atom is 0.323 e. The highest BCUT2D eigenvalue weighted by Crippen LogP contribution is 2.23. The summed E-state index contributed by atoms with van der Waals surface area (Å²) in [5, 5.41) is 12.9. The van der Waals surface area contributed by atoms with E-state index in [0.29, 0.717) is 29.7 Å². The van der Waals surface area contributed by atoms with Crippen LogP contribution < -0.4 is 14.9 Å². The van der Waals surface area contributed by atoms with Gasteiger partial charge in [0, 0.05) is 30.6 Å². The molecule has 0 fully saturated rings. The van der Waals surface area contributed by atoms with E-state index in [1.807, 2.05) is 6.07 Å². The number of anilines is 3. The Kier molecular flexibility index (Phi) is 10.1. The lowest BCUT2D eigenvalue weighted by atomic mass is 10.0. The molecule has 188 valence electrons. The molecule has 0 bridgehead atoms. The van der Waals surface area contributed by atoms with Gasteiger partial charge < -0.3 is 16.0 Å². The molecule has 36 heavy (non-hydrogen) atoms. The summed E-state index contributed by atoms with van der Waals surface area (Å²) in [6.07, 6.45) is 8.84. The van der Waals surface area contributed by atoms with Crippen molar-refractivity contribution in [3.05, 3.63) is 77.6 Å². The molecule has 0 saturated heterocycles. The van der Waals surface area contributed by atoms with Gasteiger partial charge in [0.25, 0.3) is 10.0 Å². The molecule has 0 saturated carbocycles. The summed E-state index contributed by atoms with van der Waals surface area (Å²) in [5.41, 5.74) is 1.61. The van der Waals surface area contributed by atoms with Gasteiger partial charge in [-0.1, -0.05) is 37.1 Å². The number of carbonyl (C=O) groups excluding carboxylic acids is 1. The molecule has 2 aromatic rings. The maximum absolute atomic E-state index is 13.1. The van der Waals surface area contributed by atoms with Crippen molar-refractivity contribution < 1.29 is 17.6 Å². The summed E-state index contributed by atoms with van der Waals surface area (Å²) in [5.74, 6) is 1.72. The Balaban J connectivity index is 2.16. The minimum atomic E-state index is -4.13. The van der Waals surface area contributed by atoms with Gasteiger partial charge in [-0.05, 0) is 49.7 Å². The van der Waals surface area contributed by atoms with Gasteiger partial charge in [-0.25, -0.2) is 17.6 Å². The highest BCUT2D eigenvalue weighted by Gasteiger charge is 2.23. The van der Waals surface area contributed by atoms with Crippen LogP contribution in [0.3, 0.4) is 0 Å². The average Bonchev–Trinajstić information content (AvgIpc) is 2.85. The molecule has 0 aromatic heterocycles. The number of urea groups is 1. The number of carbonyl (C=O) groups is 1. The van der Waals surface area contributed by atoms with Crippen LogP contribution in [0, 0.1) is 23.7 Å². The van der Waals surface area contributed by atoms with Crippen molar-refractivity contribution in [2.75, 3.05) is 22.0 Å². The quantitative estimate of drug-likeness (QED) is 0.288. The van der Waals surface area contributed by atoms with E-state index in [0.717, 1.165) is 10.5 Å². The van der Waals surface area contributed by atoms with E-state index in [4.69, 9.17) is 11.8 Å². The second-order valence-corrected chi connectivity index (χ2v) is 9.70. The lowest BCUT2D eigenvalue weighted by molar-refractivity contribution is 0.262. The molecule has 0 aliphatic heterocycles. The number of rotatable bonds is 10. The molecule has 0 spiro atoms. The molecule has 2 amide bonds. The Bertz CT molecular complexity index is 1310. The van der Waals surface area contributed by atoms with Gasteiger partial charge in [0.2, 0.25) is 0 Å². The summed E-state index contributed by atoms with van der Waals surface area (Å²) >= 11 is 0.